The van der Waals surface area contributed by atoms with Crippen molar-refractivity contribution >= 4 is 16.9 Å². The summed E-state index contributed by atoms with van der Waals surface area (Å²) < 4.78 is 2.33. The largest absolute Gasteiger partial charge is 0.356 e. The first-order chi connectivity index (χ1) is 13.3. The third-order valence-electron chi connectivity index (χ3n) is 5.58. The number of guanidine groups is 1. The van der Waals surface area contributed by atoms with Gasteiger partial charge in [0.05, 0.1) is 0 Å². The Kier molecular flexibility index (Phi) is 7.57. The monoisotopic (exact) mass is 369 g/mol. The number of hydrogen-bond acceptors (Lipinski definition) is 2. The molecule has 0 bridgehead atoms. The first kappa shape index (κ1) is 19.7. The predicted molar refractivity (Wildman–Crippen MR) is 115 cm³/mol. The summed E-state index contributed by atoms with van der Waals surface area (Å²) in [5, 5.41) is 8.30. The Morgan fingerprint density at radius 3 is 2.70 bits per heavy atom. The van der Waals surface area contributed by atoms with Gasteiger partial charge >= 0.3 is 0 Å². The molecule has 5 heteroatoms. The van der Waals surface area contributed by atoms with E-state index in [4.69, 9.17) is 0 Å². The summed E-state index contributed by atoms with van der Waals surface area (Å²) in [6, 6.07) is 10.7. The molecular weight excluding hydrogens is 334 g/mol. The van der Waals surface area contributed by atoms with Crippen LogP contribution in [0.3, 0.4) is 0 Å². The number of likely N-dealkylation sites (tertiary alicyclic amines) is 1. The second-order valence-electron chi connectivity index (χ2n) is 7.59. The summed E-state index contributed by atoms with van der Waals surface area (Å²) in [4.78, 5) is 6.97. The molecule has 3 rings (SSSR count). The second-order valence-corrected chi connectivity index (χ2v) is 7.59. The Hall–Kier alpha value is -2.01. The van der Waals surface area contributed by atoms with Crippen molar-refractivity contribution in [2.75, 3.05) is 39.8 Å². The standard InChI is InChI=1S/C22H35N5/c1-3-13-26-15-9-19(10-16-26)18-25-22(23-2)24-12-6-14-27-17-11-20-7-4-5-8-21(20)27/h4-5,7-8,11,17,19H,3,6,9-10,12-16,18H2,1-2H3,(H2,23,24,25). The number of benzene rings is 1. The number of fused-ring (bicyclic) bond motifs is 1. The van der Waals surface area contributed by atoms with Gasteiger partial charge in [0.1, 0.15) is 0 Å². The molecule has 0 radical (unpaired) electrons. The maximum absolute atomic E-state index is 4.38. The number of nitrogens with one attached hydrogen (secondary N) is 2. The lowest BCUT2D eigenvalue weighted by Gasteiger charge is -2.32. The van der Waals surface area contributed by atoms with E-state index in [9.17, 15) is 0 Å². The van der Waals surface area contributed by atoms with Crippen molar-refractivity contribution in [2.24, 2.45) is 10.9 Å². The van der Waals surface area contributed by atoms with Crippen molar-refractivity contribution in [2.45, 2.75) is 39.2 Å². The van der Waals surface area contributed by atoms with E-state index in [1.807, 2.05) is 7.05 Å². The van der Waals surface area contributed by atoms with Crippen LogP contribution in [0.4, 0.5) is 0 Å². The second kappa shape index (κ2) is 10.4. The average Bonchev–Trinajstić information content (AvgIpc) is 3.12. The molecule has 1 aromatic carbocycles. The highest BCUT2D eigenvalue weighted by Crippen LogP contribution is 2.16. The SMILES string of the molecule is CCCN1CCC(CNC(=NC)NCCCn2ccc3ccccc32)CC1. The summed E-state index contributed by atoms with van der Waals surface area (Å²) in [5.41, 5.74) is 1.31. The van der Waals surface area contributed by atoms with E-state index in [1.165, 1.54) is 49.8 Å². The van der Waals surface area contributed by atoms with Crippen molar-refractivity contribution in [1.82, 2.24) is 20.1 Å². The van der Waals surface area contributed by atoms with Gasteiger partial charge in [-0.3, -0.25) is 4.99 Å². The Balaban J connectivity index is 1.34. The summed E-state index contributed by atoms with van der Waals surface area (Å²) in [6.45, 7) is 8.99. The summed E-state index contributed by atoms with van der Waals surface area (Å²) in [5.74, 6) is 1.70. The topological polar surface area (TPSA) is 44.6 Å². The molecule has 1 fully saturated rings. The lowest BCUT2D eigenvalue weighted by molar-refractivity contribution is 0.185. The number of nitrogens with zero attached hydrogens (tertiary/aromatic N) is 3. The van der Waals surface area contributed by atoms with Gasteiger partial charge in [-0.2, -0.15) is 0 Å². The van der Waals surface area contributed by atoms with E-state index >= 15 is 0 Å². The van der Waals surface area contributed by atoms with Gasteiger partial charge in [-0.05, 0) is 68.8 Å². The van der Waals surface area contributed by atoms with Gasteiger partial charge in [0.25, 0.3) is 0 Å². The van der Waals surface area contributed by atoms with Gasteiger partial charge < -0.3 is 20.1 Å². The smallest absolute Gasteiger partial charge is 0.190 e. The van der Waals surface area contributed by atoms with Crippen LogP contribution in [-0.4, -0.2) is 55.2 Å². The highest BCUT2D eigenvalue weighted by molar-refractivity contribution is 5.80. The molecule has 5 nitrogen and oxygen atoms in total. The minimum absolute atomic E-state index is 0.767. The van der Waals surface area contributed by atoms with Crippen molar-refractivity contribution in [3.8, 4) is 0 Å². The maximum atomic E-state index is 4.38. The van der Waals surface area contributed by atoms with Crippen LogP contribution < -0.4 is 10.6 Å². The van der Waals surface area contributed by atoms with Gasteiger partial charge in [-0.15, -0.1) is 0 Å². The molecule has 0 atom stereocenters. The van der Waals surface area contributed by atoms with Crippen LogP contribution in [0, 0.1) is 5.92 Å². The zero-order chi connectivity index (χ0) is 18.9. The Bertz CT molecular complexity index is 712. The van der Waals surface area contributed by atoms with Crippen LogP contribution in [0.25, 0.3) is 10.9 Å². The van der Waals surface area contributed by atoms with Gasteiger partial charge in [0.2, 0.25) is 0 Å². The summed E-state index contributed by atoms with van der Waals surface area (Å²) in [7, 11) is 1.86. The van der Waals surface area contributed by atoms with Crippen LogP contribution in [0.2, 0.25) is 0 Å². The number of aryl methyl sites for hydroxylation is 1. The van der Waals surface area contributed by atoms with E-state index in [-0.39, 0.29) is 0 Å². The molecule has 2 N–H and O–H groups in total. The van der Waals surface area contributed by atoms with E-state index in [1.54, 1.807) is 0 Å². The molecule has 0 spiro atoms. The fraction of sp³-hybridized carbons (Fsp3) is 0.591. The van der Waals surface area contributed by atoms with E-state index in [2.05, 4.69) is 68.5 Å². The molecule has 0 amide bonds. The summed E-state index contributed by atoms with van der Waals surface area (Å²) >= 11 is 0. The van der Waals surface area contributed by atoms with Crippen LogP contribution >= 0.6 is 0 Å². The number of aliphatic imine (C=N–C) groups is 1. The van der Waals surface area contributed by atoms with Gasteiger partial charge in [-0.1, -0.05) is 25.1 Å². The summed E-state index contributed by atoms with van der Waals surface area (Å²) in [6.07, 6.45) is 7.12. The van der Waals surface area contributed by atoms with Crippen molar-refractivity contribution in [1.29, 1.82) is 0 Å². The van der Waals surface area contributed by atoms with Crippen molar-refractivity contribution < 1.29 is 0 Å². The van der Waals surface area contributed by atoms with Crippen LogP contribution in [0.5, 0.6) is 0 Å². The molecule has 0 unspecified atom stereocenters. The normalized spacial score (nSPS) is 16.7. The Morgan fingerprint density at radius 1 is 1.11 bits per heavy atom. The predicted octanol–water partition coefficient (Wildman–Crippen LogP) is 3.32. The fourth-order valence-electron chi connectivity index (χ4n) is 3.98. The van der Waals surface area contributed by atoms with Crippen LogP contribution in [0.1, 0.15) is 32.6 Å². The molecule has 2 aromatic rings. The molecular formula is C22H35N5. The lowest BCUT2D eigenvalue weighted by Crippen LogP contribution is -2.43. The quantitative estimate of drug-likeness (QED) is 0.426. The Morgan fingerprint density at radius 2 is 1.93 bits per heavy atom. The highest BCUT2D eigenvalue weighted by atomic mass is 15.2. The van der Waals surface area contributed by atoms with Crippen molar-refractivity contribution in [3.05, 3.63) is 36.5 Å². The minimum Gasteiger partial charge on any atom is -0.356 e. The number of hydrogen-bond donors (Lipinski definition) is 2. The average molecular weight is 370 g/mol. The molecule has 2 heterocycles. The van der Waals surface area contributed by atoms with Crippen LogP contribution in [0.15, 0.2) is 41.5 Å². The molecule has 1 aliphatic rings. The molecule has 148 valence electrons. The van der Waals surface area contributed by atoms with Gasteiger partial charge in [0.15, 0.2) is 5.96 Å². The molecule has 1 aromatic heterocycles. The Labute approximate surface area is 163 Å². The molecule has 1 aliphatic heterocycles. The number of rotatable bonds is 8. The lowest BCUT2D eigenvalue weighted by atomic mass is 9.97. The van der Waals surface area contributed by atoms with Gasteiger partial charge in [0, 0.05) is 38.4 Å². The van der Waals surface area contributed by atoms with E-state index < -0.39 is 0 Å². The highest BCUT2D eigenvalue weighted by Gasteiger charge is 2.18. The number of piperidine rings is 1. The molecule has 0 aliphatic carbocycles. The third-order valence-corrected chi connectivity index (χ3v) is 5.58. The van der Waals surface area contributed by atoms with E-state index in [0.29, 0.717) is 0 Å². The first-order valence-corrected chi connectivity index (χ1v) is 10.5. The van der Waals surface area contributed by atoms with Gasteiger partial charge in [-0.25, -0.2) is 0 Å². The maximum Gasteiger partial charge on any atom is 0.190 e. The van der Waals surface area contributed by atoms with E-state index in [0.717, 1.165) is 37.9 Å². The zero-order valence-corrected chi connectivity index (χ0v) is 17.0. The zero-order valence-electron chi connectivity index (χ0n) is 17.0. The van der Waals surface area contributed by atoms with Crippen LogP contribution in [-0.2, 0) is 6.54 Å². The first-order valence-electron chi connectivity index (χ1n) is 10.5. The molecule has 1 saturated heterocycles. The van der Waals surface area contributed by atoms with Crippen molar-refractivity contribution in [3.63, 3.8) is 0 Å². The molecule has 27 heavy (non-hydrogen) atoms. The number of para-hydroxylation sites is 1. The molecule has 0 saturated carbocycles. The minimum atomic E-state index is 0.767. The number of aromatic nitrogens is 1. The third kappa shape index (κ3) is 5.73. The fourth-order valence-corrected chi connectivity index (χ4v) is 3.98.